The zero-order valence-corrected chi connectivity index (χ0v) is 27.3. The number of likely N-dealkylation sites (N-methyl/N-ethyl adjacent to an activating group) is 1. The monoisotopic (exact) mass is 615 g/mol. The fourth-order valence-corrected chi connectivity index (χ4v) is 6.58. The number of rotatable bonds is 16. The second kappa shape index (κ2) is 14.9. The first-order valence-corrected chi connectivity index (χ1v) is 16.8. The molecule has 4 N–H and O–H groups in total. The fraction of sp³-hybridized carbons (Fsp3) is 0.862. The molecular weight excluding hydrogens is 562 g/mol. The van der Waals surface area contributed by atoms with Crippen molar-refractivity contribution >= 4 is 33.8 Å². The van der Waals surface area contributed by atoms with E-state index in [1.165, 1.54) is 16.3 Å². The third-order valence-electron chi connectivity index (χ3n) is 8.59. The standard InChI is InChI=1S/C29H53N5O7S/c1-8-9-10-11-12-14-21-17-29(21,26(37)38)32-25(36)22-15-13-16-34(22)24(35)18-30-27(39)31-23(28(4,5)6)19-33(7)42(40,41)20(2)3/h20-23H,8-19H2,1-7H3,(H,32,36)(H,37,38)(H2,30,31,39)/t21?,22-,23?,29+/m0/s1. The second-order valence-electron chi connectivity index (χ2n) is 13.2. The number of carbonyl (C=O) groups excluding carboxylic acids is 3. The first kappa shape index (κ1) is 35.8. The van der Waals surface area contributed by atoms with Gasteiger partial charge in [0.05, 0.1) is 11.8 Å². The molecule has 0 aromatic rings. The molecule has 13 heteroatoms. The molecule has 0 spiro atoms. The van der Waals surface area contributed by atoms with Crippen LogP contribution >= 0.6 is 0 Å². The molecule has 2 rings (SSSR count). The van der Waals surface area contributed by atoms with Gasteiger partial charge in [-0.2, -0.15) is 0 Å². The zero-order valence-electron chi connectivity index (χ0n) is 26.5. The van der Waals surface area contributed by atoms with E-state index in [9.17, 15) is 32.7 Å². The van der Waals surface area contributed by atoms with Crippen molar-refractivity contribution in [3.8, 4) is 0 Å². The molecule has 2 aliphatic rings. The number of carbonyl (C=O) groups is 4. The van der Waals surface area contributed by atoms with Crippen molar-refractivity contribution in [2.24, 2.45) is 11.3 Å². The van der Waals surface area contributed by atoms with E-state index < -0.39 is 62.1 Å². The lowest BCUT2D eigenvalue weighted by Gasteiger charge is -2.34. The van der Waals surface area contributed by atoms with Crippen LogP contribution in [0.15, 0.2) is 0 Å². The van der Waals surface area contributed by atoms with E-state index in [-0.39, 0.29) is 19.0 Å². The number of amides is 4. The predicted molar refractivity (Wildman–Crippen MR) is 161 cm³/mol. The van der Waals surface area contributed by atoms with Gasteiger partial charge in [0.1, 0.15) is 11.6 Å². The number of nitrogens with one attached hydrogen (secondary N) is 3. The molecular formula is C29H53N5O7S. The van der Waals surface area contributed by atoms with Crippen molar-refractivity contribution in [1.29, 1.82) is 0 Å². The molecule has 0 radical (unpaired) electrons. The normalized spacial score (nSPS) is 23.1. The SMILES string of the molecule is CCCCCCCC1C[C@]1(NC(=O)[C@@H]1CCCN1C(=O)CNC(=O)NC(CN(C)S(=O)(=O)C(C)C)C(C)(C)C)C(=O)O. The molecule has 2 fully saturated rings. The lowest BCUT2D eigenvalue weighted by atomic mass is 9.87. The van der Waals surface area contributed by atoms with Gasteiger partial charge in [-0.15, -0.1) is 0 Å². The van der Waals surface area contributed by atoms with Crippen LogP contribution in [-0.2, 0) is 24.4 Å². The number of carboxylic acid groups (broad SMARTS) is 1. The van der Waals surface area contributed by atoms with Crippen LogP contribution in [-0.4, -0.2) is 96.1 Å². The summed E-state index contributed by atoms with van der Waals surface area (Å²) in [6.07, 6.45) is 7.55. The quantitative estimate of drug-likeness (QED) is 0.194. The van der Waals surface area contributed by atoms with Gasteiger partial charge in [0.25, 0.3) is 0 Å². The highest BCUT2D eigenvalue weighted by Crippen LogP contribution is 2.47. The first-order chi connectivity index (χ1) is 19.5. The van der Waals surface area contributed by atoms with E-state index in [0.717, 1.165) is 38.5 Å². The van der Waals surface area contributed by atoms with Crippen molar-refractivity contribution in [3.05, 3.63) is 0 Å². The number of likely N-dealkylation sites (tertiary alicyclic amines) is 1. The summed E-state index contributed by atoms with van der Waals surface area (Å²) in [7, 11) is -2.05. The highest BCUT2D eigenvalue weighted by molar-refractivity contribution is 7.89. The highest BCUT2D eigenvalue weighted by atomic mass is 32.2. The summed E-state index contributed by atoms with van der Waals surface area (Å²) in [4.78, 5) is 52.5. The molecule has 0 aromatic carbocycles. The summed E-state index contributed by atoms with van der Waals surface area (Å²) >= 11 is 0. The van der Waals surface area contributed by atoms with Crippen LogP contribution in [0.25, 0.3) is 0 Å². The Morgan fingerprint density at radius 3 is 2.31 bits per heavy atom. The Bertz CT molecular complexity index is 1070. The summed E-state index contributed by atoms with van der Waals surface area (Å²) in [6, 6.07) is -1.95. The van der Waals surface area contributed by atoms with E-state index in [1.54, 1.807) is 13.8 Å². The van der Waals surface area contributed by atoms with E-state index in [0.29, 0.717) is 25.8 Å². The van der Waals surface area contributed by atoms with Crippen LogP contribution in [0, 0.1) is 11.3 Å². The molecule has 1 heterocycles. The minimum Gasteiger partial charge on any atom is -0.479 e. The number of nitrogens with zero attached hydrogens (tertiary/aromatic N) is 2. The molecule has 0 aromatic heterocycles. The van der Waals surface area contributed by atoms with Gasteiger partial charge in [0, 0.05) is 26.2 Å². The Kier molecular flexibility index (Phi) is 12.7. The van der Waals surface area contributed by atoms with Crippen LogP contribution in [0.1, 0.15) is 99.3 Å². The first-order valence-electron chi connectivity index (χ1n) is 15.3. The van der Waals surface area contributed by atoms with Crippen LogP contribution < -0.4 is 16.0 Å². The molecule has 1 aliphatic carbocycles. The summed E-state index contributed by atoms with van der Waals surface area (Å²) in [6.45, 7) is 11.0. The Morgan fingerprint density at radius 1 is 1.10 bits per heavy atom. The van der Waals surface area contributed by atoms with Gasteiger partial charge in [0.2, 0.25) is 21.8 Å². The van der Waals surface area contributed by atoms with Crippen LogP contribution in [0.5, 0.6) is 0 Å². The van der Waals surface area contributed by atoms with Crippen molar-refractivity contribution in [1.82, 2.24) is 25.2 Å². The number of unbranched alkanes of at least 4 members (excludes halogenated alkanes) is 4. The largest absolute Gasteiger partial charge is 0.479 e. The predicted octanol–water partition coefficient (Wildman–Crippen LogP) is 2.68. The molecule has 0 bridgehead atoms. The lowest BCUT2D eigenvalue weighted by molar-refractivity contribution is -0.145. The molecule has 242 valence electrons. The smallest absolute Gasteiger partial charge is 0.329 e. The number of sulfonamides is 1. The Labute approximate surface area is 251 Å². The summed E-state index contributed by atoms with van der Waals surface area (Å²) in [5, 5.41) is 17.4. The third-order valence-corrected chi connectivity index (χ3v) is 10.8. The average molecular weight is 616 g/mol. The highest BCUT2D eigenvalue weighted by Gasteiger charge is 2.61. The molecule has 12 nitrogen and oxygen atoms in total. The van der Waals surface area contributed by atoms with E-state index in [2.05, 4.69) is 22.9 Å². The Balaban J connectivity index is 1.93. The van der Waals surface area contributed by atoms with Crippen molar-refractivity contribution in [2.75, 3.05) is 26.7 Å². The van der Waals surface area contributed by atoms with Gasteiger partial charge >= 0.3 is 12.0 Å². The van der Waals surface area contributed by atoms with Gasteiger partial charge in [-0.1, -0.05) is 59.8 Å². The number of carboxylic acids is 1. The topological polar surface area (TPSA) is 165 Å². The van der Waals surface area contributed by atoms with Gasteiger partial charge in [-0.25, -0.2) is 22.3 Å². The molecule has 4 amide bonds. The number of hydrogen-bond donors (Lipinski definition) is 4. The summed E-state index contributed by atoms with van der Waals surface area (Å²) < 4.78 is 26.3. The van der Waals surface area contributed by atoms with Crippen molar-refractivity contribution in [3.63, 3.8) is 0 Å². The average Bonchev–Trinajstić information content (AvgIpc) is 3.36. The molecule has 2 unspecified atom stereocenters. The number of aliphatic carboxylic acids is 1. The zero-order chi connectivity index (χ0) is 31.9. The summed E-state index contributed by atoms with van der Waals surface area (Å²) in [5.74, 6) is -2.06. The number of urea groups is 1. The fourth-order valence-electron chi connectivity index (χ4n) is 5.51. The maximum atomic E-state index is 13.2. The molecule has 4 atom stereocenters. The molecule has 42 heavy (non-hydrogen) atoms. The van der Waals surface area contributed by atoms with E-state index in [1.807, 2.05) is 20.8 Å². The molecule has 1 saturated carbocycles. The van der Waals surface area contributed by atoms with Crippen LogP contribution in [0.4, 0.5) is 4.79 Å². The van der Waals surface area contributed by atoms with Crippen LogP contribution in [0.2, 0.25) is 0 Å². The maximum absolute atomic E-state index is 13.2. The Morgan fingerprint density at radius 2 is 1.74 bits per heavy atom. The maximum Gasteiger partial charge on any atom is 0.329 e. The minimum atomic E-state index is -3.52. The van der Waals surface area contributed by atoms with Gasteiger partial charge in [-0.05, 0) is 50.9 Å². The number of hydrogen-bond acceptors (Lipinski definition) is 6. The van der Waals surface area contributed by atoms with Gasteiger partial charge in [0.15, 0.2) is 0 Å². The Hall–Kier alpha value is -2.41. The second-order valence-corrected chi connectivity index (χ2v) is 15.8. The van der Waals surface area contributed by atoms with E-state index in [4.69, 9.17) is 0 Å². The lowest BCUT2D eigenvalue weighted by Crippen LogP contribution is -2.56. The molecule has 1 aliphatic heterocycles. The minimum absolute atomic E-state index is 0.0603. The van der Waals surface area contributed by atoms with Crippen molar-refractivity contribution in [2.45, 2.75) is 122 Å². The third kappa shape index (κ3) is 9.29. The van der Waals surface area contributed by atoms with Gasteiger partial charge < -0.3 is 26.0 Å². The summed E-state index contributed by atoms with van der Waals surface area (Å²) in [5.41, 5.74) is -1.74. The van der Waals surface area contributed by atoms with Crippen molar-refractivity contribution < 1.29 is 32.7 Å². The van der Waals surface area contributed by atoms with Crippen LogP contribution in [0.3, 0.4) is 0 Å². The van der Waals surface area contributed by atoms with Gasteiger partial charge in [-0.3, -0.25) is 9.59 Å². The molecule has 1 saturated heterocycles. The van der Waals surface area contributed by atoms with E-state index >= 15 is 0 Å².